The summed E-state index contributed by atoms with van der Waals surface area (Å²) in [6.07, 6.45) is 0.389. The Balaban J connectivity index is 1.80. The van der Waals surface area contributed by atoms with E-state index in [2.05, 4.69) is 35.4 Å². The molecule has 0 spiro atoms. The topological polar surface area (TPSA) is 77.0 Å². The lowest BCUT2D eigenvalue weighted by Gasteiger charge is -2.33. The van der Waals surface area contributed by atoms with Gasteiger partial charge in [0.15, 0.2) is 0 Å². The van der Waals surface area contributed by atoms with E-state index in [0.29, 0.717) is 17.8 Å². The van der Waals surface area contributed by atoms with Crippen LogP contribution in [0.1, 0.15) is 31.9 Å². The van der Waals surface area contributed by atoms with E-state index in [9.17, 15) is 9.59 Å². The Morgan fingerprint density at radius 2 is 1.61 bits per heavy atom. The molecule has 0 saturated carbocycles. The second kappa shape index (κ2) is 10.6. The molecule has 2 N–H and O–H groups in total. The van der Waals surface area contributed by atoms with E-state index in [0.717, 1.165) is 35.6 Å². The van der Waals surface area contributed by atoms with Crippen LogP contribution in [0.4, 0.5) is 17.1 Å². The lowest BCUT2D eigenvalue weighted by molar-refractivity contribution is -0.127. The van der Waals surface area contributed by atoms with Gasteiger partial charge in [-0.2, -0.15) is 10.1 Å². The smallest absolute Gasteiger partial charge is 0.300 e. The van der Waals surface area contributed by atoms with Crippen molar-refractivity contribution in [1.82, 2.24) is 5.32 Å². The average molecular weight is 484 g/mol. The number of nitrogens with one attached hydrogen (secondary N) is 2. The summed E-state index contributed by atoms with van der Waals surface area (Å²) in [5.41, 5.74) is 3.44. The van der Waals surface area contributed by atoms with Gasteiger partial charge in [-0.05, 0) is 62.2 Å². The van der Waals surface area contributed by atoms with Crippen molar-refractivity contribution in [2.24, 2.45) is 5.10 Å². The number of hydrogen-bond donors (Lipinski definition) is 2. The quantitative estimate of drug-likeness (QED) is 0.432. The Labute approximate surface area is 212 Å². The standard InChI is InChI=1S/C29H33N5O2/c1-5-33(6-2)25-17-18-26(21(3)19-25)31-29(30-22(4)35)27(20-23-13-9-7-10-14-23)32-34(28(29)36)24-15-11-8-12-16-24/h7-19,31H,5-6,20H2,1-4H3,(H,30,35). The minimum absolute atomic E-state index is 0.330. The van der Waals surface area contributed by atoms with E-state index in [4.69, 9.17) is 5.10 Å². The van der Waals surface area contributed by atoms with Crippen LogP contribution >= 0.6 is 0 Å². The highest BCUT2D eigenvalue weighted by Crippen LogP contribution is 2.32. The van der Waals surface area contributed by atoms with Crippen molar-refractivity contribution < 1.29 is 9.59 Å². The molecule has 1 aliphatic heterocycles. The first-order valence-electron chi connectivity index (χ1n) is 12.3. The van der Waals surface area contributed by atoms with Gasteiger partial charge in [0.1, 0.15) is 0 Å². The predicted molar refractivity (Wildman–Crippen MR) is 146 cm³/mol. The highest BCUT2D eigenvalue weighted by atomic mass is 16.2. The van der Waals surface area contributed by atoms with Crippen LogP contribution < -0.4 is 20.5 Å². The van der Waals surface area contributed by atoms with Gasteiger partial charge in [0.2, 0.25) is 11.6 Å². The van der Waals surface area contributed by atoms with Crippen LogP contribution in [0.25, 0.3) is 0 Å². The van der Waals surface area contributed by atoms with Gasteiger partial charge < -0.3 is 15.5 Å². The minimum atomic E-state index is -1.53. The Hall–Kier alpha value is -4.13. The second-order valence-corrected chi connectivity index (χ2v) is 8.89. The Morgan fingerprint density at radius 1 is 0.972 bits per heavy atom. The first kappa shape index (κ1) is 25.0. The van der Waals surface area contributed by atoms with Gasteiger partial charge in [0.25, 0.3) is 5.91 Å². The molecule has 7 nitrogen and oxygen atoms in total. The molecule has 7 heteroatoms. The molecule has 1 heterocycles. The van der Waals surface area contributed by atoms with E-state index in [1.807, 2.05) is 79.7 Å². The molecular weight excluding hydrogens is 450 g/mol. The van der Waals surface area contributed by atoms with Crippen molar-refractivity contribution in [2.45, 2.75) is 39.8 Å². The molecular formula is C29H33N5O2. The van der Waals surface area contributed by atoms with Crippen molar-refractivity contribution >= 4 is 34.6 Å². The molecule has 186 valence electrons. The number of para-hydroxylation sites is 1. The molecule has 0 bridgehead atoms. The van der Waals surface area contributed by atoms with Crippen molar-refractivity contribution in [1.29, 1.82) is 0 Å². The fourth-order valence-electron chi connectivity index (χ4n) is 4.55. The number of benzene rings is 3. The largest absolute Gasteiger partial charge is 0.372 e. The Kier molecular flexibility index (Phi) is 7.38. The normalized spacial score (nSPS) is 17.1. The van der Waals surface area contributed by atoms with Gasteiger partial charge in [0, 0.05) is 37.8 Å². The molecule has 0 saturated heterocycles. The van der Waals surface area contributed by atoms with Crippen LogP contribution in [-0.4, -0.2) is 36.3 Å². The van der Waals surface area contributed by atoms with Gasteiger partial charge in [-0.1, -0.05) is 48.5 Å². The third kappa shape index (κ3) is 4.96. The monoisotopic (exact) mass is 483 g/mol. The van der Waals surface area contributed by atoms with Gasteiger partial charge in [-0.25, -0.2) is 0 Å². The zero-order chi connectivity index (χ0) is 25.7. The lowest BCUT2D eigenvalue weighted by Crippen LogP contribution is -2.65. The van der Waals surface area contributed by atoms with Crippen molar-refractivity contribution in [3.05, 3.63) is 90.0 Å². The highest BCUT2D eigenvalue weighted by Gasteiger charge is 2.52. The number of hydrogen-bond acceptors (Lipinski definition) is 5. The SMILES string of the molecule is CCN(CC)c1ccc(NC2(NC(C)=O)C(=O)N(c3ccccc3)N=C2Cc2ccccc2)c(C)c1. The number of hydrazone groups is 1. The van der Waals surface area contributed by atoms with Gasteiger partial charge in [0.05, 0.1) is 11.4 Å². The maximum atomic E-state index is 14.1. The van der Waals surface area contributed by atoms with Crippen LogP contribution in [0.5, 0.6) is 0 Å². The van der Waals surface area contributed by atoms with Gasteiger partial charge >= 0.3 is 0 Å². The van der Waals surface area contributed by atoms with Crippen LogP contribution in [0.3, 0.4) is 0 Å². The molecule has 1 aliphatic rings. The van der Waals surface area contributed by atoms with E-state index < -0.39 is 5.66 Å². The summed E-state index contributed by atoms with van der Waals surface area (Å²) in [6.45, 7) is 9.46. The fourth-order valence-corrected chi connectivity index (χ4v) is 4.55. The number of amides is 2. The van der Waals surface area contributed by atoms with E-state index in [1.54, 1.807) is 0 Å². The molecule has 1 unspecified atom stereocenters. The zero-order valence-corrected chi connectivity index (χ0v) is 21.3. The third-order valence-corrected chi connectivity index (χ3v) is 6.41. The predicted octanol–water partition coefficient (Wildman–Crippen LogP) is 4.73. The summed E-state index contributed by atoms with van der Waals surface area (Å²) in [7, 11) is 0. The molecule has 0 aromatic heterocycles. The Bertz CT molecular complexity index is 1260. The zero-order valence-electron chi connectivity index (χ0n) is 21.3. The average Bonchev–Trinajstić information content (AvgIpc) is 3.13. The summed E-state index contributed by atoms with van der Waals surface area (Å²) in [6, 6.07) is 25.2. The number of anilines is 3. The first-order valence-corrected chi connectivity index (χ1v) is 12.3. The molecule has 1 atom stereocenters. The molecule has 0 fully saturated rings. The summed E-state index contributed by atoms with van der Waals surface area (Å²) in [5, 5.41) is 12.5. The van der Waals surface area contributed by atoms with Gasteiger partial charge in [-0.3, -0.25) is 9.59 Å². The van der Waals surface area contributed by atoms with Crippen molar-refractivity contribution in [2.75, 3.05) is 28.3 Å². The maximum Gasteiger partial charge on any atom is 0.300 e. The minimum Gasteiger partial charge on any atom is -0.372 e. The number of carbonyl (C=O) groups is 2. The maximum absolute atomic E-state index is 14.1. The Morgan fingerprint density at radius 3 is 2.19 bits per heavy atom. The van der Waals surface area contributed by atoms with Crippen LogP contribution in [0, 0.1) is 6.92 Å². The summed E-state index contributed by atoms with van der Waals surface area (Å²) in [4.78, 5) is 28.8. The second-order valence-electron chi connectivity index (χ2n) is 8.89. The van der Waals surface area contributed by atoms with Crippen LogP contribution in [0.15, 0.2) is 84.0 Å². The summed E-state index contributed by atoms with van der Waals surface area (Å²) >= 11 is 0. The summed E-state index contributed by atoms with van der Waals surface area (Å²) < 4.78 is 0. The van der Waals surface area contributed by atoms with Crippen LogP contribution in [-0.2, 0) is 16.0 Å². The number of aryl methyl sites for hydroxylation is 1. The molecule has 2 amide bonds. The number of carbonyl (C=O) groups excluding carboxylic acids is 2. The van der Waals surface area contributed by atoms with Crippen molar-refractivity contribution in [3.63, 3.8) is 0 Å². The molecule has 36 heavy (non-hydrogen) atoms. The molecule has 3 aromatic rings. The fraction of sp³-hybridized carbons (Fsp3) is 0.276. The van der Waals surface area contributed by atoms with Crippen molar-refractivity contribution in [3.8, 4) is 0 Å². The molecule has 4 rings (SSSR count). The van der Waals surface area contributed by atoms with E-state index >= 15 is 0 Å². The molecule has 3 aromatic carbocycles. The van der Waals surface area contributed by atoms with Crippen LogP contribution in [0.2, 0.25) is 0 Å². The highest BCUT2D eigenvalue weighted by molar-refractivity contribution is 6.26. The number of nitrogens with zero attached hydrogens (tertiary/aromatic N) is 3. The molecule has 0 radical (unpaired) electrons. The van der Waals surface area contributed by atoms with E-state index in [-0.39, 0.29) is 11.8 Å². The first-order chi connectivity index (χ1) is 17.4. The lowest BCUT2D eigenvalue weighted by atomic mass is 9.95. The number of rotatable bonds is 9. The van der Waals surface area contributed by atoms with Gasteiger partial charge in [-0.15, -0.1) is 0 Å². The summed E-state index contributed by atoms with van der Waals surface area (Å²) in [5.74, 6) is -0.689. The molecule has 0 aliphatic carbocycles. The third-order valence-electron chi connectivity index (χ3n) is 6.41. The van der Waals surface area contributed by atoms with E-state index in [1.165, 1.54) is 11.9 Å².